The van der Waals surface area contributed by atoms with Crippen LogP contribution in [-0.4, -0.2) is 50.0 Å². The van der Waals surface area contributed by atoms with Crippen molar-refractivity contribution >= 4 is 51.6 Å². The Balaban J connectivity index is 0.000000266. The predicted octanol–water partition coefficient (Wildman–Crippen LogP) is 9.91. The molecule has 0 aliphatic rings. The Hall–Kier alpha value is -3.82. The Morgan fingerprint density at radius 2 is 1.61 bits per heavy atom. The number of nitrogens with zero attached hydrogens (tertiary/aromatic N) is 5. The summed E-state index contributed by atoms with van der Waals surface area (Å²) in [5, 5.41) is 12.5. The molecule has 2 aromatic heterocycles. The van der Waals surface area contributed by atoms with Crippen LogP contribution in [0, 0.1) is 5.82 Å². The number of carbonyl (C=O) groups excluding carboxylic acids is 2. The molecule has 2 aromatic carbocycles. The van der Waals surface area contributed by atoms with E-state index < -0.39 is 29.5 Å². The van der Waals surface area contributed by atoms with Crippen LogP contribution in [0.15, 0.2) is 60.7 Å². The summed E-state index contributed by atoms with van der Waals surface area (Å²) in [5.41, 5.74) is 1.79. The lowest BCUT2D eigenvalue weighted by molar-refractivity contribution is -0.138. The number of aromatic nitrogens is 4. The maximum atomic E-state index is 13.0. The van der Waals surface area contributed by atoms with Gasteiger partial charge >= 0.3 is 11.5 Å². The molecular formula is C33H36ClF4N5O4S2. The van der Waals surface area contributed by atoms with Crippen LogP contribution in [0.2, 0.25) is 5.15 Å². The van der Waals surface area contributed by atoms with Crippen LogP contribution in [0.25, 0.3) is 11.3 Å². The highest BCUT2D eigenvalue weighted by Gasteiger charge is 2.36. The molecule has 264 valence electrons. The van der Waals surface area contributed by atoms with Crippen molar-refractivity contribution in [1.29, 1.82) is 0 Å². The zero-order valence-corrected chi connectivity index (χ0v) is 29.5. The normalized spacial score (nSPS) is 11.1. The molecule has 0 aliphatic carbocycles. The van der Waals surface area contributed by atoms with Crippen molar-refractivity contribution in [1.82, 2.24) is 20.4 Å². The van der Waals surface area contributed by atoms with Crippen LogP contribution in [0.5, 0.6) is 10.9 Å². The van der Waals surface area contributed by atoms with Gasteiger partial charge in [-0.15, -0.1) is 15.3 Å². The van der Waals surface area contributed by atoms with Crippen LogP contribution < -0.4 is 14.4 Å². The lowest BCUT2D eigenvalue weighted by atomic mass is 10.1. The summed E-state index contributed by atoms with van der Waals surface area (Å²) in [5.74, 6) is 0.157. The molecule has 0 bridgehead atoms. The number of alkyl halides is 3. The number of hydrogen-bond acceptors (Lipinski definition) is 10. The van der Waals surface area contributed by atoms with E-state index in [4.69, 9.17) is 21.1 Å². The monoisotopic (exact) mass is 741 g/mol. The van der Waals surface area contributed by atoms with Crippen molar-refractivity contribution in [3.63, 3.8) is 0 Å². The molecule has 0 N–H and O–H groups in total. The van der Waals surface area contributed by atoms with Crippen molar-refractivity contribution in [2.24, 2.45) is 0 Å². The summed E-state index contributed by atoms with van der Waals surface area (Å²) in [6, 6.07) is 16.0. The van der Waals surface area contributed by atoms with E-state index in [1.807, 2.05) is 30.3 Å². The first kappa shape index (κ1) is 39.6. The van der Waals surface area contributed by atoms with Gasteiger partial charge in [-0.1, -0.05) is 97.4 Å². The number of halogens is 5. The Bertz CT molecular complexity index is 1610. The number of thioether (sulfide) groups is 1. The van der Waals surface area contributed by atoms with E-state index in [0.717, 1.165) is 24.2 Å². The van der Waals surface area contributed by atoms with Gasteiger partial charge < -0.3 is 14.4 Å². The minimum absolute atomic E-state index is 0.198. The van der Waals surface area contributed by atoms with Crippen molar-refractivity contribution in [3.8, 4) is 22.2 Å². The first-order chi connectivity index (χ1) is 23.4. The van der Waals surface area contributed by atoms with Crippen LogP contribution >= 0.6 is 34.7 Å². The number of ether oxygens (including phenoxy) is 2. The van der Waals surface area contributed by atoms with Gasteiger partial charge in [0.05, 0.1) is 0 Å². The molecule has 0 aliphatic heterocycles. The molecule has 1 amide bonds. The molecule has 0 unspecified atom stereocenters. The van der Waals surface area contributed by atoms with Crippen LogP contribution in [0.4, 0.5) is 28.0 Å². The summed E-state index contributed by atoms with van der Waals surface area (Å²) >= 11 is 7.31. The smallest absolute Gasteiger partial charge is 0.445 e. The zero-order valence-electron chi connectivity index (χ0n) is 27.1. The second kappa shape index (κ2) is 20.0. The molecule has 0 saturated heterocycles. The average molecular weight is 742 g/mol. The van der Waals surface area contributed by atoms with E-state index in [2.05, 4.69) is 27.3 Å². The Morgan fingerprint density at radius 1 is 0.939 bits per heavy atom. The SMILES string of the molecule is CC(C)N(C(=O)COc1nnc(C(F)(F)F)s1)c1ccc(F)cc1.CCCCCCCCSC(=O)Oc1cc(Cl)nnc1-c1ccccc1. The fraction of sp³-hybridized carbons (Fsp3) is 0.394. The highest BCUT2D eigenvalue weighted by molar-refractivity contribution is 8.13. The molecule has 4 rings (SSSR count). The molecule has 0 spiro atoms. The van der Waals surface area contributed by atoms with Gasteiger partial charge in [0.25, 0.3) is 11.1 Å². The second-order valence-electron chi connectivity index (χ2n) is 10.7. The largest absolute Gasteiger partial charge is 0.459 e. The third kappa shape index (κ3) is 13.5. The highest BCUT2D eigenvalue weighted by atomic mass is 35.5. The average Bonchev–Trinajstić information content (AvgIpc) is 3.55. The fourth-order valence-electron chi connectivity index (χ4n) is 4.29. The van der Waals surface area contributed by atoms with Crippen LogP contribution in [0.1, 0.15) is 64.3 Å². The molecule has 16 heteroatoms. The molecule has 0 saturated carbocycles. The van der Waals surface area contributed by atoms with E-state index in [0.29, 0.717) is 17.1 Å². The predicted molar refractivity (Wildman–Crippen MR) is 184 cm³/mol. The lowest BCUT2D eigenvalue weighted by Gasteiger charge is -2.26. The highest BCUT2D eigenvalue weighted by Crippen LogP contribution is 2.34. The molecule has 4 aromatic rings. The molecular weight excluding hydrogens is 706 g/mol. The van der Waals surface area contributed by atoms with Gasteiger partial charge in [0.1, 0.15) is 11.5 Å². The molecule has 0 radical (unpaired) electrons. The van der Waals surface area contributed by atoms with Crippen LogP contribution in [0.3, 0.4) is 0 Å². The summed E-state index contributed by atoms with van der Waals surface area (Å²) in [6.45, 7) is 5.18. The molecule has 0 atom stereocenters. The van der Waals surface area contributed by atoms with E-state index in [-0.39, 0.29) is 33.0 Å². The van der Waals surface area contributed by atoms with Crippen molar-refractivity contribution < 1.29 is 36.6 Å². The Kier molecular flexibility index (Phi) is 16.2. The van der Waals surface area contributed by atoms with Gasteiger partial charge in [0.2, 0.25) is 5.01 Å². The second-order valence-corrected chi connectivity index (χ2v) is 13.1. The van der Waals surface area contributed by atoms with Crippen LogP contribution in [-0.2, 0) is 11.0 Å². The standard InChI is InChI=1S/C19H23ClN2O2S.C14H13F4N3O2S/c1-2-3-4-5-6-10-13-25-19(23)24-16-14-17(20)21-22-18(16)15-11-8-7-9-12-15;1-8(2)21(10-5-3-9(15)4-6-10)11(22)7-23-13-20-19-12(24-13)14(16,17)18/h7-9,11-12,14H,2-6,10,13H2,1H3;3-6,8H,7H2,1-2H3. The lowest BCUT2D eigenvalue weighted by Crippen LogP contribution is -2.40. The summed E-state index contributed by atoms with van der Waals surface area (Å²) < 4.78 is 60.8. The summed E-state index contributed by atoms with van der Waals surface area (Å²) in [4.78, 5) is 25.7. The number of unbranched alkanes of at least 4 members (excludes halogenated alkanes) is 5. The number of hydrogen-bond donors (Lipinski definition) is 0. The number of anilines is 1. The fourth-order valence-corrected chi connectivity index (χ4v) is 5.65. The van der Waals surface area contributed by atoms with Gasteiger partial charge in [0, 0.05) is 29.1 Å². The maximum absolute atomic E-state index is 13.0. The molecule has 49 heavy (non-hydrogen) atoms. The summed E-state index contributed by atoms with van der Waals surface area (Å²) in [6.07, 6.45) is 2.59. The number of carbonyl (C=O) groups is 2. The minimum Gasteiger partial charge on any atom is -0.459 e. The van der Waals surface area contributed by atoms with Gasteiger partial charge in [0.15, 0.2) is 17.5 Å². The van der Waals surface area contributed by atoms with Crippen molar-refractivity contribution in [3.05, 3.63) is 76.6 Å². The van der Waals surface area contributed by atoms with E-state index in [9.17, 15) is 27.2 Å². The topological polar surface area (TPSA) is 107 Å². The number of rotatable bonds is 14. The number of amides is 1. The molecule has 0 fully saturated rings. The molecule has 2 heterocycles. The quantitative estimate of drug-likeness (QED) is 0.0709. The Labute approximate surface area is 295 Å². The van der Waals surface area contributed by atoms with E-state index in [1.165, 1.54) is 72.7 Å². The van der Waals surface area contributed by atoms with Crippen molar-refractivity contribution in [2.75, 3.05) is 17.3 Å². The van der Waals surface area contributed by atoms with Gasteiger partial charge in [-0.3, -0.25) is 4.79 Å². The number of benzene rings is 2. The van der Waals surface area contributed by atoms with Gasteiger partial charge in [-0.05, 0) is 56.3 Å². The maximum Gasteiger partial charge on any atom is 0.445 e. The first-order valence-electron chi connectivity index (χ1n) is 15.4. The van der Waals surface area contributed by atoms with E-state index >= 15 is 0 Å². The first-order valence-corrected chi connectivity index (χ1v) is 17.6. The summed E-state index contributed by atoms with van der Waals surface area (Å²) in [7, 11) is 0. The van der Waals surface area contributed by atoms with E-state index in [1.54, 1.807) is 13.8 Å². The van der Waals surface area contributed by atoms with Gasteiger partial charge in [-0.2, -0.15) is 13.2 Å². The third-order valence-electron chi connectivity index (χ3n) is 6.55. The van der Waals surface area contributed by atoms with Gasteiger partial charge in [-0.25, -0.2) is 9.18 Å². The van der Waals surface area contributed by atoms with Crippen molar-refractivity contribution in [2.45, 2.75) is 71.5 Å². The molecule has 9 nitrogen and oxygen atoms in total. The minimum atomic E-state index is -4.61. The zero-order chi connectivity index (χ0) is 35.8. The third-order valence-corrected chi connectivity index (χ3v) is 8.42. The Morgan fingerprint density at radius 3 is 2.24 bits per heavy atom.